The number of hydrogen-bond acceptors (Lipinski definition) is 10. The molecule has 0 spiro atoms. The molecule has 1 amide bonds. The Kier molecular flexibility index (Phi) is 15.3. The zero-order valence-corrected chi connectivity index (χ0v) is 34.8. The number of carboxylic acids is 2. The quantitative estimate of drug-likeness (QED) is 0.122. The summed E-state index contributed by atoms with van der Waals surface area (Å²) in [6.07, 6.45) is 4.95. The molecule has 2 aromatic carbocycles. The number of likely N-dealkylation sites (tertiary alicyclic amines) is 2. The molecule has 16 heteroatoms. The Hall–Kier alpha value is -3.31. The molecule has 2 aromatic heterocycles. The van der Waals surface area contributed by atoms with Gasteiger partial charge in [-0.3, -0.25) is 29.0 Å². The van der Waals surface area contributed by atoms with E-state index in [0.29, 0.717) is 71.0 Å². The fourth-order valence-electron chi connectivity index (χ4n) is 7.07. The standard InChI is InChI=1S/C38H42ClN5O6S2.2H2S/c1-21-25(11-9-13-27(21)42-34(46)36-41-23(3)32(52-36)20-44-17-7-5-15-29(44)38(49)50)26-12-8-10-24(33(26)39)18-30(45)35-40-22(2)31(51-35)19-43-16-6-4-14-28(43)37(47)48;;/h8-13,28-29H,4-7,14-20H2,1-3H3,(H,42,46)(H,47,48)(H,49,50);2*1H2/t28-,29-;;/m0../s1. The maximum atomic E-state index is 13.5. The molecule has 0 aliphatic carbocycles. The second kappa shape index (κ2) is 19.0. The van der Waals surface area contributed by atoms with E-state index in [4.69, 9.17) is 11.6 Å². The average molecular weight is 833 g/mol. The van der Waals surface area contributed by atoms with Gasteiger partial charge in [-0.05, 0) is 82.3 Å². The number of ketones is 1. The third-order valence-electron chi connectivity index (χ3n) is 10.0. The normalized spacial score (nSPS) is 17.6. The molecule has 0 bridgehead atoms. The SMILES string of the molecule is Cc1nc(C(=O)Cc2cccc(-c3cccc(NC(=O)c4nc(C)c(CN5CCCC[C@H]5C(=O)O)s4)c3C)c2Cl)sc1CN1CCCC[C@H]1C(=O)O.S.S. The van der Waals surface area contributed by atoms with Crippen molar-refractivity contribution < 1.29 is 29.4 Å². The monoisotopic (exact) mass is 831 g/mol. The van der Waals surface area contributed by atoms with Crippen LogP contribution in [0.3, 0.4) is 0 Å². The van der Waals surface area contributed by atoms with Crippen molar-refractivity contribution in [3.63, 3.8) is 0 Å². The van der Waals surface area contributed by atoms with E-state index in [1.54, 1.807) is 0 Å². The van der Waals surface area contributed by atoms with Crippen LogP contribution in [0, 0.1) is 20.8 Å². The number of nitrogens with zero attached hydrogens (tertiary/aromatic N) is 4. The van der Waals surface area contributed by atoms with Gasteiger partial charge < -0.3 is 15.5 Å². The van der Waals surface area contributed by atoms with Gasteiger partial charge in [0, 0.05) is 40.5 Å². The van der Waals surface area contributed by atoms with Crippen molar-refractivity contribution in [1.29, 1.82) is 0 Å². The number of nitrogens with one attached hydrogen (secondary N) is 1. The highest BCUT2D eigenvalue weighted by atomic mass is 35.5. The smallest absolute Gasteiger partial charge is 0.320 e. The number of anilines is 1. The van der Waals surface area contributed by atoms with Crippen molar-refractivity contribution in [3.8, 4) is 11.1 Å². The lowest BCUT2D eigenvalue weighted by Crippen LogP contribution is -2.43. The molecule has 4 aromatic rings. The van der Waals surface area contributed by atoms with E-state index in [1.807, 2.05) is 67.0 Å². The van der Waals surface area contributed by atoms with Crippen LogP contribution in [0.4, 0.5) is 5.69 Å². The Morgan fingerprint density at radius 3 is 1.87 bits per heavy atom. The highest BCUT2D eigenvalue weighted by molar-refractivity contribution is 7.59. The molecule has 0 unspecified atom stereocenters. The summed E-state index contributed by atoms with van der Waals surface area (Å²) >= 11 is 9.57. The molecule has 2 atom stereocenters. The fourth-order valence-corrected chi connectivity index (χ4v) is 9.37. The number of aliphatic carboxylic acids is 2. The van der Waals surface area contributed by atoms with Gasteiger partial charge in [0.25, 0.3) is 5.91 Å². The van der Waals surface area contributed by atoms with Crippen molar-refractivity contribution in [1.82, 2.24) is 19.8 Å². The number of halogens is 1. The van der Waals surface area contributed by atoms with Crippen LogP contribution >= 0.6 is 61.3 Å². The van der Waals surface area contributed by atoms with E-state index < -0.39 is 24.0 Å². The molecule has 11 nitrogen and oxygen atoms in total. The van der Waals surface area contributed by atoms with Crippen molar-refractivity contribution in [3.05, 3.63) is 83.7 Å². The highest BCUT2D eigenvalue weighted by Crippen LogP contribution is 2.37. The molecule has 3 N–H and O–H groups in total. The Labute approximate surface area is 342 Å². The summed E-state index contributed by atoms with van der Waals surface area (Å²) in [6.45, 7) is 7.88. The fraction of sp³-hybridized carbons (Fsp3) is 0.421. The zero-order valence-electron chi connectivity index (χ0n) is 30.4. The maximum absolute atomic E-state index is 13.5. The molecule has 2 aliphatic rings. The third-order valence-corrected chi connectivity index (χ3v) is 12.8. The minimum atomic E-state index is -0.821. The zero-order chi connectivity index (χ0) is 37.1. The van der Waals surface area contributed by atoms with Crippen LogP contribution in [0.15, 0.2) is 36.4 Å². The van der Waals surface area contributed by atoms with Gasteiger partial charge in [0.2, 0.25) is 0 Å². The van der Waals surface area contributed by atoms with E-state index in [2.05, 4.69) is 15.3 Å². The predicted molar refractivity (Wildman–Crippen MR) is 223 cm³/mol. The molecular weight excluding hydrogens is 786 g/mol. The third kappa shape index (κ3) is 9.73. The van der Waals surface area contributed by atoms with Gasteiger partial charge >= 0.3 is 11.9 Å². The molecule has 2 aliphatic heterocycles. The first-order valence-corrected chi connectivity index (χ1v) is 19.5. The second-order valence-corrected chi connectivity index (χ2v) is 16.1. The summed E-state index contributed by atoms with van der Waals surface area (Å²) in [5, 5.41) is 23.5. The number of benzene rings is 2. The van der Waals surface area contributed by atoms with Crippen LogP contribution in [0.2, 0.25) is 5.02 Å². The highest BCUT2D eigenvalue weighted by Gasteiger charge is 2.31. The topological polar surface area (TPSA) is 153 Å². The Morgan fingerprint density at radius 2 is 1.30 bits per heavy atom. The first kappa shape index (κ1) is 43.4. The van der Waals surface area contributed by atoms with Crippen molar-refractivity contribution in [2.24, 2.45) is 0 Å². The molecule has 0 saturated carbocycles. The lowest BCUT2D eigenvalue weighted by Gasteiger charge is -2.32. The van der Waals surface area contributed by atoms with Crippen LogP contribution in [-0.2, 0) is 29.1 Å². The first-order chi connectivity index (χ1) is 24.9. The summed E-state index contributed by atoms with van der Waals surface area (Å²) in [5.41, 5.74) is 5.02. The van der Waals surface area contributed by atoms with E-state index in [1.165, 1.54) is 22.7 Å². The summed E-state index contributed by atoms with van der Waals surface area (Å²) < 4.78 is 0. The first-order valence-electron chi connectivity index (χ1n) is 17.5. The van der Waals surface area contributed by atoms with E-state index in [9.17, 15) is 29.4 Å². The summed E-state index contributed by atoms with van der Waals surface area (Å²) in [6, 6.07) is 10.1. The van der Waals surface area contributed by atoms with Gasteiger partial charge in [-0.25, -0.2) is 9.97 Å². The number of carbonyl (C=O) groups excluding carboxylic acids is 2. The van der Waals surface area contributed by atoms with Crippen molar-refractivity contribution in [2.45, 2.75) is 90.9 Å². The molecule has 54 heavy (non-hydrogen) atoms. The Bertz CT molecular complexity index is 1880. The maximum Gasteiger partial charge on any atom is 0.320 e. The molecule has 2 fully saturated rings. The van der Waals surface area contributed by atoms with Crippen molar-refractivity contribution in [2.75, 3.05) is 18.4 Å². The lowest BCUT2D eigenvalue weighted by molar-refractivity contribution is -0.145. The molecule has 0 radical (unpaired) electrons. The summed E-state index contributed by atoms with van der Waals surface area (Å²) in [5.74, 6) is -2.16. The number of amides is 1. The van der Waals surface area contributed by atoms with E-state index >= 15 is 0 Å². The van der Waals surface area contributed by atoms with Crippen LogP contribution in [-0.4, -0.2) is 78.8 Å². The number of carbonyl (C=O) groups is 4. The van der Waals surface area contributed by atoms with Crippen molar-refractivity contribution >= 4 is 90.6 Å². The number of aromatic nitrogens is 2. The molecule has 290 valence electrons. The Morgan fingerprint density at radius 1 is 0.778 bits per heavy atom. The molecule has 4 heterocycles. The number of hydrogen-bond donors (Lipinski definition) is 3. The van der Waals surface area contributed by atoms with Crippen LogP contribution in [0.25, 0.3) is 11.1 Å². The number of thiazole rings is 2. The number of carboxylic acid groups (broad SMARTS) is 2. The van der Waals surface area contributed by atoms with E-state index in [0.717, 1.165) is 57.8 Å². The number of piperidine rings is 2. The second-order valence-electron chi connectivity index (χ2n) is 13.5. The predicted octanol–water partition coefficient (Wildman–Crippen LogP) is 7.63. The average Bonchev–Trinajstić information content (AvgIpc) is 3.68. The summed E-state index contributed by atoms with van der Waals surface area (Å²) in [7, 11) is 0. The lowest BCUT2D eigenvalue weighted by atomic mass is 9.96. The minimum Gasteiger partial charge on any atom is -0.480 e. The summed E-state index contributed by atoms with van der Waals surface area (Å²) in [4.78, 5) is 65.3. The van der Waals surface area contributed by atoms with E-state index in [-0.39, 0.29) is 45.1 Å². The number of rotatable bonds is 12. The number of aryl methyl sites for hydroxylation is 2. The van der Waals surface area contributed by atoms with Gasteiger partial charge in [0.1, 0.15) is 12.1 Å². The van der Waals surface area contributed by atoms with Crippen LogP contribution in [0.5, 0.6) is 0 Å². The van der Waals surface area contributed by atoms with Gasteiger partial charge in [0.15, 0.2) is 15.8 Å². The molecule has 2 saturated heterocycles. The van der Waals surface area contributed by atoms with Gasteiger partial charge in [-0.2, -0.15) is 27.0 Å². The van der Waals surface area contributed by atoms with Gasteiger partial charge in [-0.15, -0.1) is 22.7 Å². The minimum absolute atomic E-state index is 0. The van der Waals surface area contributed by atoms with Crippen LogP contribution < -0.4 is 5.32 Å². The molecular formula is C38H46ClN5O6S4. The largest absolute Gasteiger partial charge is 0.480 e. The van der Waals surface area contributed by atoms with Crippen LogP contribution in [0.1, 0.15) is 90.4 Å². The Balaban J connectivity index is 0.00000325. The number of Topliss-reactive ketones (excluding diaryl/α,β-unsaturated/α-hetero) is 1. The van der Waals surface area contributed by atoms with Gasteiger partial charge in [-0.1, -0.05) is 54.8 Å². The molecule has 6 rings (SSSR count). The van der Waals surface area contributed by atoms with Gasteiger partial charge in [0.05, 0.1) is 16.4 Å².